The molecule has 0 amide bonds. The van der Waals surface area contributed by atoms with Crippen LogP contribution in [-0.2, 0) is 10.0 Å². The molecule has 0 radical (unpaired) electrons. The molecule has 1 aliphatic heterocycles. The summed E-state index contributed by atoms with van der Waals surface area (Å²) in [7, 11) is 8.87. The van der Waals surface area contributed by atoms with E-state index in [9.17, 15) is 8.42 Å². The van der Waals surface area contributed by atoms with Crippen LogP contribution in [0.25, 0.3) is 29.3 Å². The van der Waals surface area contributed by atoms with Gasteiger partial charge < -0.3 is 0 Å². The Labute approximate surface area is 339 Å². The third-order valence-corrected chi connectivity index (χ3v) is 46.3. The standard InChI is InChI=1S/C36H49NO2S5.H9P7/c1-4-5-6-7-8-9-10-11-12-13-14-15-16-17-18-19-24-37-29-26-33(32-23-22-31(42-32)30-21-20-27(2)40-30)43-35(29)36-34(44(37,38)39)25-28(3)41-36;1-5-7(4)6(2)3/h20-23,25-26H,4-19,24H2,1-3H3;5H,1-4H2. The van der Waals surface area contributed by atoms with Gasteiger partial charge >= 0.3 is 0 Å². The maximum Gasteiger partial charge on any atom is 0.265 e. The number of fused-ring (bicyclic) bond motifs is 3. The highest BCUT2D eigenvalue weighted by atomic mass is 33.0. The van der Waals surface area contributed by atoms with Gasteiger partial charge in [-0.2, -0.15) is 0 Å². The third-order valence-electron chi connectivity index (χ3n) is 9.00. The molecule has 0 saturated carbocycles. The van der Waals surface area contributed by atoms with Crippen LogP contribution in [-0.4, -0.2) is 15.0 Å². The van der Waals surface area contributed by atoms with E-state index in [4.69, 9.17) is 0 Å². The summed E-state index contributed by atoms with van der Waals surface area (Å²) < 4.78 is 29.4. The number of hydrogen-bond acceptors (Lipinski definition) is 6. The quantitative estimate of drug-likeness (QED) is 0.0617. The van der Waals surface area contributed by atoms with E-state index in [1.807, 2.05) is 24.3 Å². The van der Waals surface area contributed by atoms with Crippen LogP contribution in [0.15, 0.2) is 41.3 Å². The Kier molecular flexibility index (Phi) is 21.0. The van der Waals surface area contributed by atoms with Crippen LogP contribution < -0.4 is 4.31 Å². The third kappa shape index (κ3) is 13.9. The molecule has 3 nitrogen and oxygen atoms in total. The van der Waals surface area contributed by atoms with Crippen molar-refractivity contribution in [3.8, 4) is 29.3 Å². The van der Waals surface area contributed by atoms with Crippen molar-refractivity contribution in [2.24, 2.45) is 0 Å². The molecule has 0 aliphatic carbocycles. The number of aryl methyl sites for hydroxylation is 2. The van der Waals surface area contributed by atoms with Gasteiger partial charge in [-0.1, -0.05) is 111 Å². The lowest BCUT2D eigenvalue weighted by Gasteiger charge is -2.28. The van der Waals surface area contributed by atoms with E-state index in [1.54, 1.807) is 38.3 Å². The lowest BCUT2D eigenvalue weighted by Crippen LogP contribution is -2.34. The summed E-state index contributed by atoms with van der Waals surface area (Å²) in [6, 6.07) is 12.8. The van der Waals surface area contributed by atoms with Crippen LogP contribution in [0.5, 0.6) is 0 Å². The van der Waals surface area contributed by atoms with Crippen molar-refractivity contribution in [1.29, 1.82) is 0 Å². The van der Waals surface area contributed by atoms with Gasteiger partial charge in [0, 0.05) is 35.8 Å². The average Bonchev–Trinajstić information content (AvgIpc) is 3.92. The summed E-state index contributed by atoms with van der Waals surface area (Å²) in [5, 5.41) is 0. The Balaban J connectivity index is 0.000000755. The fraction of sp³-hybridized carbons (Fsp3) is 0.556. The van der Waals surface area contributed by atoms with Gasteiger partial charge in [0.25, 0.3) is 10.0 Å². The van der Waals surface area contributed by atoms with Crippen molar-refractivity contribution in [2.45, 2.75) is 128 Å². The van der Waals surface area contributed by atoms with Crippen LogP contribution >= 0.6 is 103 Å². The van der Waals surface area contributed by atoms with Gasteiger partial charge in [-0.05, 0) is 70.6 Å². The van der Waals surface area contributed by atoms with E-state index >= 15 is 0 Å². The van der Waals surface area contributed by atoms with Crippen LogP contribution in [0.1, 0.15) is 119 Å². The molecule has 5 rings (SSSR count). The van der Waals surface area contributed by atoms with Gasteiger partial charge in [-0.25, -0.2) is 8.42 Å². The number of thiophene rings is 4. The van der Waals surface area contributed by atoms with Crippen molar-refractivity contribution in [3.63, 3.8) is 0 Å². The monoisotopic (exact) mass is 913 g/mol. The van der Waals surface area contributed by atoms with Crippen LogP contribution in [0.2, 0.25) is 0 Å². The van der Waals surface area contributed by atoms with Gasteiger partial charge in [0.2, 0.25) is 0 Å². The zero-order chi connectivity index (χ0) is 36.8. The molecule has 0 N–H and O–H groups in total. The number of hydrogen-bond donors (Lipinski definition) is 0. The van der Waals surface area contributed by atoms with Crippen molar-refractivity contribution >= 4 is 119 Å². The van der Waals surface area contributed by atoms with Crippen molar-refractivity contribution in [1.82, 2.24) is 0 Å². The molecule has 0 spiro atoms. The molecule has 4 aromatic rings. The molecule has 284 valence electrons. The van der Waals surface area contributed by atoms with E-state index in [-0.39, 0.29) is 14.0 Å². The summed E-state index contributed by atoms with van der Waals surface area (Å²) >= 11 is 6.98. The summed E-state index contributed by atoms with van der Waals surface area (Å²) in [4.78, 5) is 9.83. The van der Waals surface area contributed by atoms with Crippen molar-refractivity contribution < 1.29 is 8.42 Å². The van der Waals surface area contributed by atoms with E-state index in [0.29, 0.717) is 11.4 Å². The lowest BCUT2D eigenvalue weighted by atomic mass is 10.0. The van der Waals surface area contributed by atoms with E-state index < -0.39 is 10.0 Å². The maximum absolute atomic E-state index is 13.9. The summed E-state index contributed by atoms with van der Waals surface area (Å²) in [5.41, 5.74) is 0.877. The molecular formula is C36H58NO2P7S5. The van der Waals surface area contributed by atoms with E-state index in [1.165, 1.54) is 109 Å². The molecule has 6 atom stereocenters. The highest BCUT2D eigenvalue weighted by molar-refractivity contribution is 8.98. The number of sulfonamides is 1. The molecule has 0 fully saturated rings. The van der Waals surface area contributed by atoms with Crippen molar-refractivity contribution in [2.75, 3.05) is 10.8 Å². The number of anilines is 1. The van der Waals surface area contributed by atoms with E-state index in [0.717, 1.165) is 46.0 Å². The van der Waals surface area contributed by atoms with Crippen molar-refractivity contribution in [3.05, 3.63) is 46.2 Å². The number of nitrogens with zero attached hydrogens (tertiary/aromatic N) is 1. The highest BCUT2D eigenvalue weighted by Gasteiger charge is 2.38. The van der Waals surface area contributed by atoms with Crippen LogP contribution in [0.3, 0.4) is 0 Å². The molecule has 0 saturated heterocycles. The molecule has 0 bridgehead atoms. The first-order valence-corrected chi connectivity index (χ1v) is 34.9. The van der Waals surface area contributed by atoms with Gasteiger partial charge in [0.1, 0.15) is 4.90 Å². The lowest BCUT2D eigenvalue weighted by molar-refractivity contribution is 0.529. The minimum atomic E-state index is -3.54. The number of unbranched alkanes of at least 4 members (excludes halogenated alkanes) is 15. The molecule has 1 aliphatic rings. The second-order valence-corrected chi connectivity index (χ2v) is 41.9. The number of rotatable bonds is 21. The Morgan fingerprint density at radius 2 is 1.14 bits per heavy atom. The van der Waals surface area contributed by atoms with Crippen LogP contribution in [0, 0.1) is 13.8 Å². The normalized spacial score (nSPS) is 14.2. The maximum atomic E-state index is 13.9. The highest BCUT2D eigenvalue weighted by Crippen LogP contribution is 2.92. The molecule has 5 heterocycles. The van der Waals surface area contributed by atoms with Gasteiger partial charge in [0.15, 0.2) is 0 Å². The Morgan fingerprint density at radius 1 is 0.627 bits per heavy atom. The minimum Gasteiger partial charge on any atom is -0.265 e. The first kappa shape index (κ1) is 45.3. The van der Waals surface area contributed by atoms with Gasteiger partial charge in [-0.3, -0.25) is 4.31 Å². The fourth-order valence-electron chi connectivity index (χ4n) is 6.22. The first-order chi connectivity index (χ1) is 24.6. The molecule has 51 heavy (non-hydrogen) atoms. The predicted octanol–water partition coefficient (Wildman–Crippen LogP) is 16.9. The topological polar surface area (TPSA) is 37.4 Å². The van der Waals surface area contributed by atoms with E-state index in [2.05, 4.69) is 79.9 Å². The molecule has 15 heteroatoms. The summed E-state index contributed by atoms with van der Waals surface area (Å²) in [6.07, 6.45) is 21.1. The molecular weight excluding hydrogens is 856 g/mol. The Hall–Kier alpha value is 1.56. The fourth-order valence-corrected chi connectivity index (χ4v) is 28.9. The summed E-state index contributed by atoms with van der Waals surface area (Å²) in [6.45, 7) is 7.45. The minimum absolute atomic E-state index is 0.191. The molecule has 6 unspecified atom stereocenters. The van der Waals surface area contributed by atoms with Crippen LogP contribution in [0.4, 0.5) is 5.69 Å². The SMILES string of the molecule is CCCCCCCCCCCCCCCCCCN1c2cc(-c3ccc(-c4ccc(C)s4)s3)sc2-c2sc(C)cc2S1(=O)=O.PPP(P)P(P)P. The largest absolute Gasteiger partial charge is 0.265 e. The zero-order valence-electron chi connectivity index (χ0n) is 30.5. The first-order valence-electron chi connectivity index (χ1n) is 18.3. The van der Waals surface area contributed by atoms with Gasteiger partial charge in [0.05, 0.1) is 15.4 Å². The summed E-state index contributed by atoms with van der Waals surface area (Å²) in [5.74, 6) is 0. The smallest absolute Gasteiger partial charge is 0.265 e. The molecule has 0 aromatic carbocycles. The zero-order valence-corrected chi connectivity index (χ0v) is 42.0. The molecule has 4 aromatic heterocycles. The average molecular weight is 914 g/mol. The second kappa shape index (κ2) is 23.7. The Morgan fingerprint density at radius 3 is 1.63 bits per heavy atom. The Bertz CT molecular complexity index is 1720. The van der Waals surface area contributed by atoms with Gasteiger partial charge in [-0.15, -0.1) is 81.1 Å². The predicted molar refractivity (Wildman–Crippen MR) is 259 cm³/mol. The second-order valence-electron chi connectivity index (χ2n) is 13.2.